The summed E-state index contributed by atoms with van der Waals surface area (Å²) in [5, 5.41) is 6.15. The van der Waals surface area contributed by atoms with Gasteiger partial charge in [-0.15, -0.1) is 0 Å². The maximum absolute atomic E-state index is 12.9. The normalized spacial score (nSPS) is 10.3. The summed E-state index contributed by atoms with van der Waals surface area (Å²) in [6.07, 6.45) is 0.353. The molecule has 2 N–H and O–H groups in total. The topological polar surface area (TPSA) is 41.1 Å². The summed E-state index contributed by atoms with van der Waals surface area (Å²) in [6.45, 7) is 0.611. The minimum atomic E-state index is -0.237. The van der Waals surface area contributed by atoms with Gasteiger partial charge in [0.25, 0.3) is 0 Å². The second kappa shape index (κ2) is 8.11. The lowest BCUT2D eigenvalue weighted by Crippen LogP contribution is -2.14. The fourth-order valence-electron chi connectivity index (χ4n) is 2.46. The van der Waals surface area contributed by atoms with Crippen LogP contribution in [-0.4, -0.2) is 5.91 Å². The van der Waals surface area contributed by atoms with Gasteiger partial charge in [-0.1, -0.05) is 42.5 Å². The molecule has 25 heavy (non-hydrogen) atoms. The van der Waals surface area contributed by atoms with Crippen LogP contribution in [0.3, 0.4) is 0 Å². The molecule has 0 saturated carbocycles. The van der Waals surface area contributed by atoms with Gasteiger partial charge in [-0.2, -0.15) is 0 Å². The third-order valence-corrected chi connectivity index (χ3v) is 3.79. The summed E-state index contributed by atoms with van der Waals surface area (Å²) in [5.41, 5.74) is 3.68. The molecule has 0 bridgehead atoms. The molecule has 0 unspecified atom stereocenters. The molecule has 0 aliphatic carbocycles. The van der Waals surface area contributed by atoms with Gasteiger partial charge in [-0.05, 0) is 47.5 Å². The first-order valence-electron chi connectivity index (χ1n) is 8.11. The standard InChI is InChI=1S/C21H19FN2O/c22-18-8-6-17(7-9-18)15-23-19-10-12-20(13-11-19)24-21(25)14-16-4-2-1-3-5-16/h1-13,23H,14-15H2,(H,24,25). The van der Waals surface area contributed by atoms with Crippen molar-refractivity contribution in [2.24, 2.45) is 0 Å². The first kappa shape index (κ1) is 16.7. The van der Waals surface area contributed by atoms with Crippen LogP contribution in [0.25, 0.3) is 0 Å². The van der Waals surface area contributed by atoms with Crippen LogP contribution in [0.15, 0.2) is 78.9 Å². The van der Waals surface area contributed by atoms with Gasteiger partial charge < -0.3 is 10.6 Å². The third-order valence-electron chi connectivity index (χ3n) is 3.79. The van der Waals surface area contributed by atoms with Crippen molar-refractivity contribution in [2.45, 2.75) is 13.0 Å². The third kappa shape index (κ3) is 5.18. The minimum Gasteiger partial charge on any atom is -0.381 e. The minimum absolute atomic E-state index is 0.0433. The highest BCUT2D eigenvalue weighted by Gasteiger charge is 2.04. The SMILES string of the molecule is O=C(Cc1ccccc1)Nc1ccc(NCc2ccc(F)cc2)cc1. The molecular weight excluding hydrogens is 315 g/mol. The van der Waals surface area contributed by atoms with E-state index in [1.165, 1.54) is 12.1 Å². The van der Waals surface area contributed by atoms with Crippen molar-refractivity contribution in [1.29, 1.82) is 0 Å². The lowest BCUT2D eigenvalue weighted by atomic mass is 10.1. The molecule has 0 aliphatic heterocycles. The summed E-state index contributed by atoms with van der Waals surface area (Å²) in [5.74, 6) is -0.280. The number of hydrogen-bond acceptors (Lipinski definition) is 2. The predicted octanol–water partition coefficient (Wildman–Crippen LogP) is 4.62. The molecule has 0 radical (unpaired) electrons. The Morgan fingerprint density at radius 2 is 1.40 bits per heavy atom. The molecule has 1 amide bonds. The van der Waals surface area contributed by atoms with Gasteiger partial charge in [0.05, 0.1) is 6.42 Å². The molecule has 0 heterocycles. The van der Waals surface area contributed by atoms with E-state index in [2.05, 4.69) is 10.6 Å². The van der Waals surface area contributed by atoms with E-state index >= 15 is 0 Å². The van der Waals surface area contributed by atoms with E-state index in [0.717, 1.165) is 22.5 Å². The molecule has 3 nitrogen and oxygen atoms in total. The van der Waals surface area contributed by atoms with Crippen molar-refractivity contribution in [3.63, 3.8) is 0 Å². The van der Waals surface area contributed by atoms with Gasteiger partial charge in [0.1, 0.15) is 5.82 Å². The highest BCUT2D eigenvalue weighted by Crippen LogP contribution is 2.15. The molecule has 4 heteroatoms. The molecule has 0 fully saturated rings. The van der Waals surface area contributed by atoms with Crippen molar-refractivity contribution >= 4 is 17.3 Å². The van der Waals surface area contributed by atoms with Gasteiger partial charge >= 0.3 is 0 Å². The van der Waals surface area contributed by atoms with Crippen molar-refractivity contribution in [2.75, 3.05) is 10.6 Å². The Kier molecular flexibility index (Phi) is 5.42. The van der Waals surface area contributed by atoms with Gasteiger partial charge in [0.2, 0.25) is 5.91 Å². The lowest BCUT2D eigenvalue weighted by Gasteiger charge is -2.09. The smallest absolute Gasteiger partial charge is 0.228 e. The largest absolute Gasteiger partial charge is 0.381 e. The van der Waals surface area contributed by atoms with Crippen LogP contribution < -0.4 is 10.6 Å². The number of carbonyl (C=O) groups is 1. The van der Waals surface area contributed by atoms with E-state index < -0.39 is 0 Å². The van der Waals surface area contributed by atoms with E-state index in [0.29, 0.717) is 13.0 Å². The van der Waals surface area contributed by atoms with Gasteiger partial charge in [0, 0.05) is 17.9 Å². The summed E-state index contributed by atoms with van der Waals surface area (Å²) in [7, 11) is 0. The maximum Gasteiger partial charge on any atom is 0.228 e. The number of rotatable bonds is 6. The zero-order valence-corrected chi connectivity index (χ0v) is 13.7. The molecule has 0 aliphatic rings. The number of nitrogens with one attached hydrogen (secondary N) is 2. The monoisotopic (exact) mass is 334 g/mol. The quantitative estimate of drug-likeness (QED) is 0.691. The number of anilines is 2. The summed E-state index contributed by atoms with van der Waals surface area (Å²) < 4.78 is 12.9. The molecule has 126 valence electrons. The summed E-state index contributed by atoms with van der Waals surface area (Å²) >= 11 is 0. The van der Waals surface area contributed by atoms with Gasteiger partial charge in [0.15, 0.2) is 0 Å². The van der Waals surface area contributed by atoms with E-state index in [-0.39, 0.29) is 11.7 Å². The van der Waals surface area contributed by atoms with Crippen LogP contribution in [0.2, 0.25) is 0 Å². The molecule has 3 aromatic rings. The first-order chi connectivity index (χ1) is 12.2. The zero-order chi connectivity index (χ0) is 17.5. The number of carbonyl (C=O) groups excluding carboxylic acids is 1. The van der Waals surface area contributed by atoms with Crippen LogP contribution >= 0.6 is 0 Å². The van der Waals surface area contributed by atoms with E-state index in [4.69, 9.17) is 0 Å². The van der Waals surface area contributed by atoms with Crippen LogP contribution in [0.4, 0.5) is 15.8 Å². The van der Waals surface area contributed by atoms with Crippen molar-refractivity contribution in [1.82, 2.24) is 0 Å². The fraction of sp³-hybridized carbons (Fsp3) is 0.0952. The van der Waals surface area contributed by atoms with E-state index in [9.17, 15) is 9.18 Å². The van der Waals surface area contributed by atoms with Crippen molar-refractivity contribution in [3.8, 4) is 0 Å². The Balaban J connectivity index is 1.51. The number of halogens is 1. The molecule has 0 atom stereocenters. The Morgan fingerprint density at radius 3 is 2.08 bits per heavy atom. The zero-order valence-electron chi connectivity index (χ0n) is 13.7. The lowest BCUT2D eigenvalue weighted by molar-refractivity contribution is -0.115. The molecule has 0 aromatic heterocycles. The van der Waals surface area contributed by atoms with Crippen LogP contribution in [0.5, 0.6) is 0 Å². The molecule has 3 rings (SSSR count). The van der Waals surface area contributed by atoms with Crippen LogP contribution in [-0.2, 0) is 17.8 Å². The first-order valence-corrected chi connectivity index (χ1v) is 8.11. The van der Waals surface area contributed by atoms with Gasteiger partial charge in [-0.25, -0.2) is 4.39 Å². The average molecular weight is 334 g/mol. The fourth-order valence-corrected chi connectivity index (χ4v) is 2.46. The van der Waals surface area contributed by atoms with Crippen LogP contribution in [0.1, 0.15) is 11.1 Å². The van der Waals surface area contributed by atoms with Gasteiger partial charge in [-0.3, -0.25) is 4.79 Å². The van der Waals surface area contributed by atoms with E-state index in [1.54, 1.807) is 12.1 Å². The Labute approximate surface area is 146 Å². The van der Waals surface area contributed by atoms with Crippen LogP contribution in [0, 0.1) is 5.82 Å². The number of amides is 1. The van der Waals surface area contributed by atoms with Crippen molar-refractivity contribution in [3.05, 3.63) is 95.8 Å². The Morgan fingerprint density at radius 1 is 0.760 bits per heavy atom. The second-order valence-electron chi connectivity index (χ2n) is 5.77. The predicted molar refractivity (Wildman–Crippen MR) is 98.9 cm³/mol. The Hall–Kier alpha value is -3.14. The highest BCUT2D eigenvalue weighted by atomic mass is 19.1. The summed E-state index contributed by atoms with van der Waals surface area (Å²) in [4.78, 5) is 12.0. The average Bonchev–Trinajstić information content (AvgIpc) is 2.63. The molecule has 0 saturated heterocycles. The van der Waals surface area contributed by atoms with Crippen molar-refractivity contribution < 1.29 is 9.18 Å². The second-order valence-corrected chi connectivity index (χ2v) is 5.77. The van der Waals surface area contributed by atoms with E-state index in [1.807, 2.05) is 54.6 Å². The molecular formula is C21H19FN2O. The number of benzene rings is 3. The number of hydrogen-bond donors (Lipinski definition) is 2. The maximum atomic E-state index is 12.9. The molecule has 3 aromatic carbocycles. The highest BCUT2D eigenvalue weighted by molar-refractivity contribution is 5.92. The Bertz CT molecular complexity index is 815. The molecule has 0 spiro atoms. The summed E-state index contributed by atoms with van der Waals surface area (Å²) in [6, 6.07) is 23.6.